The topological polar surface area (TPSA) is 24.5 Å². The largest absolute Gasteiger partial charge is 0.383 e. The van der Waals surface area contributed by atoms with Crippen LogP contribution in [0.4, 0.5) is 0 Å². The number of ether oxygens (including phenoxy) is 1. The van der Waals surface area contributed by atoms with Crippen molar-refractivity contribution in [3.63, 3.8) is 0 Å². The maximum atomic E-state index is 5.29. The van der Waals surface area contributed by atoms with E-state index in [9.17, 15) is 0 Å². The summed E-state index contributed by atoms with van der Waals surface area (Å²) in [6.45, 7) is 21.3. The number of nitrogens with one attached hydrogen (secondary N) is 1. The van der Waals surface area contributed by atoms with Crippen LogP contribution in [0.1, 0.15) is 61.3 Å². The summed E-state index contributed by atoms with van der Waals surface area (Å²) in [4.78, 5) is 2.59. The quantitative estimate of drug-likeness (QED) is 0.628. The first kappa shape index (κ1) is 20.9. The van der Waals surface area contributed by atoms with Crippen molar-refractivity contribution in [2.75, 3.05) is 39.9 Å². The molecule has 21 heavy (non-hydrogen) atoms. The van der Waals surface area contributed by atoms with Crippen molar-refractivity contribution in [3.8, 4) is 0 Å². The van der Waals surface area contributed by atoms with Gasteiger partial charge < -0.3 is 15.0 Å². The van der Waals surface area contributed by atoms with Crippen molar-refractivity contribution in [2.24, 2.45) is 11.3 Å². The molecule has 0 heterocycles. The molecule has 0 aliphatic heterocycles. The Morgan fingerprint density at radius 3 is 2.05 bits per heavy atom. The van der Waals surface area contributed by atoms with E-state index in [1.807, 2.05) is 0 Å². The highest BCUT2D eigenvalue weighted by atomic mass is 16.5. The van der Waals surface area contributed by atoms with E-state index in [-0.39, 0.29) is 5.54 Å². The molecule has 0 aliphatic carbocycles. The summed E-state index contributed by atoms with van der Waals surface area (Å²) in [5.41, 5.74) is 0.543. The molecule has 3 heteroatoms. The Hall–Kier alpha value is -0.120. The molecular formula is C18H40N2O. The molecule has 0 atom stereocenters. The standard InChI is InChI=1S/C18H40N2O/c1-9-18(10-2,14-19-17(5,6)7)15-20(11-12-21-8)13-16(3)4/h16,19H,9-15H2,1-8H3. The van der Waals surface area contributed by atoms with Crippen LogP contribution in [0, 0.1) is 11.3 Å². The minimum Gasteiger partial charge on any atom is -0.383 e. The fourth-order valence-electron chi connectivity index (χ4n) is 2.68. The van der Waals surface area contributed by atoms with Gasteiger partial charge in [-0.3, -0.25) is 0 Å². The van der Waals surface area contributed by atoms with Crippen LogP contribution in [0.15, 0.2) is 0 Å². The van der Waals surface area contributed by atoms with Gasteiger partial charge in [-0.2, -0.15) is 0 Å². The molecule has 0 amide bonds. The van der Waals surface area contributed by atoms with Gasteiger partial charge in [0.05, 0.1) is 6.61 Å². The highest BCUT2D eigenvalue weighted by Gasteiger charge is 2.30. The second kappa shape index (κ2) is 9.81. The van der Waals surface area contributed by atoms with Gasteiger partial charge in [0.25, 0.3) is 0 Å². The van der Waals surface area contributed by atoms with Crippen LogP contribution in [0.5, 0.6) is 0 Å². The Morgan fingerprint density at radius 1 is 1.10 bits per heavy atom. The Morgan fingerprint density at radius 2 is 1.67 bits per heavy atom. The van der Waals surface area contributed by atoms with E-state index in [2.05, 4.69) is 58.7 Å². The zero-order chi connectivity index (χ0) is 16.5. The molecule has 0 aromatic heterocycles. The minimum atomic E-state index is 0.186. The lowest BCUT2D eigenvalue weighted by atomic mass is 9.80. The third-order valence-electron chi connectivity index (χ3n) is 4.29. The average Bonchev–Trinajstić information content (AvgIpc) is 2.39. The van der Waals surface area contributed by atoms with E-state index in [1.165, 1.54) is 12.8 Å². The number of hydrogen-bond donors (Lipinski definition) is 1. The molecule has 0 bridgehead atoms. The number of hydrogen-bond acceptors (Lipinski definition) is 3. The second-order valence-corrected chi connectivity index (χ2v) is 7.93. The summed E-state index contributed by atoms with van der Waals surface area (Å²) >= 11 is 0. The number of rotatable bonds is 11. The van der Waals surface area contributed by atoms with Crippen LogP contribution in [0.3, 0.4) is 0 Å². The van der Waals surface area contributed by atoms with Crippen LogP contribution in [0.25, 0.3) is 0 Å². The first-order valence-corrected chi connectivity index (χ1v) is 8.64. The Bertz CT molecular complexity index is 254. The third kappa shape index (κ3) is 9.49. The van der Waals surface area contributed by atoms with Crippen LogP contribution < -0.4 is 5.32 Å². The van der Waals surface area contributed by atoms with Gasteiger partial charge in [0.1, 0.15) is 0 Å². The third-order valence-corrected chi connectivity index (χ3v) is 4.29. The van der Waals surface area contributed by atoms with E-state index in [0.29, 0.717) is 11.3 Å². The predicted molar refractivity (Wildman–Crippen MR) is 93.9 cm³/mol. The molecule has 0 rings (SSSR count). The fourth-order valence-corrected chi connectivity index (χ4v) is 2.68. The van der Waals surface area contributed by atoms with Gasteiger partial charge in [-0.1, -0.05) is 27.7 Å². The lowest BCUT2D eigenvalue weighted by molar-refractivity contribution is 0.0860. The van der Waals surface area contributed by atoms with Crippen molar-refractivity contribution >= 4 is 0 Å². The van der Waals surface area contributed by atoms with Gasteiger partial charge >= 0.3 is 0 Å². The van der Waals surface area contributed by atoms with Crippen molar-refractivity contribution in [1.29, 1.82) is 0 Å². The molecule has 128 valence electrons. The van der Waals surface area contributed by atoms with Crippen molar-refractivity contribution < 1.29 is 4.74 Å². The lowest BCUT2D eigenvalue weighted by Gasteiger charge is -2.40. The summed E-state index contributed by atoms with van der Waals surface area (Å²) in [5, 5.41) is 3.72. The maximum Gasteiger partial charge on any atom is 0.0589 e. The Balaban J connectivity index is 4.79. The summed E-state index contributed by atoms with van der Waals surface area (Å²) in [5.74, 6) is 0.698. The highest BCUT2D eigenvalue weighted by molar-refractivity contribution is 4.86. The van der Waals surface area contributed by atoms with Crippen molar-refractivity contribution in [1.82, 2.24) is 10.2 Å². The number of methoxy groups -OCH3 is 1. The monoisotopic (exact) mass is 300 g/mol. The van der Waals surface area contributed by atoms with Crippen LogP contribution >= 0.6 is 0 Å². The Labute approximate surface area is 133 Å². The van der Waals surface area contributed by atoms with Crippen molar-refractivity contribution in [3.05, 3.63) is 0 Å². The van der Waals surface area contributed by atoms with Gasteiger partial charge in [-0.05, 0) is 44.9 Å². The molecule has 0 saturated heterocycles. The summed E-state index contributed by atoms with van der Waals surface area (Å²) in [6, 6.07) is 0. The van der Waals surface area contributed by atoms with Gasteiger partial charge in [0.15, 0.2) is 0 Å². The van der Waals surface area contributed by atoms with Crippen LogP contribution in [0.2, 0.25) is 0 Å². The smallest absolute Gasteiger partial charge is 0.0589 e. The number of nitrogens with zero attached hydrogens (tertiary/aromatic N) is 1. The second-order valence-electron chi connectivity index (χ2n) is 7.93. The molecule has 0 unspecified atom stereocenters. The summed E-state index contributed by atoms with van der Waals surface area (Å²) < 4.78 is 5.29. The van der Waals surface area contributed by atoms with E-state index in [1.54, 1.807) is 7.11 Å². The zero-order valence-corrected chi connectivity index (χ0v) is 15.9. The van der Waals surface area contributed by atoms with Gasteiger partial charge in [-0.25, -0.2) is 0 Å². The minimum absolute atomic E-state index is 0.186. The summed E-state index contributed by atoms with van der Waals surface area (Å²) in [7, 11) is 1.79. The Kier molecular flexibility index (Phi) is 9.75. The van der Waals surface area contributed by atoms with E-state index < -0.39 is 0 Å². The van der Waals surface area contributed by atoms with Gasteiger partial charge in [-0.15, -0.1) is 0 Å². The normalized spacial score (nSPS) is 13.4. The van der Waals surface area contributed by atoms with Crippen molar-refractivity contribution in [2.45, 2.75) is 66.8 Å². The zero-order valence-electron chi connectivity index (χ0n) is 15.9. The molecule has 0 saturated carbocycles. The molecule has 0 spiro atoms. The molecule has 0 aliphatic rings. The van der Waals surface area contributed by atoms with E-state index in [0.717, 1.165) is 32.8 Å². The van der Waals surface area contributed by atoms with E-state index >= 15 is 0 Å². The molecule has 0 aromatic rings. The highest BCUT2D eigenvalue weighted by Crippen LogP contribution is 2.28. The van der Waals surface area contributed by atoms with Gasteiger partial charge in [0.2, 0.25) is 0 Å². The lowest BCUT2D eigenvalue weighted by Crippen LogP contribution is -2.49. The maximum absolute atomic E-state index is 5.29. The fraction of sp³-hybridized carbons (Fsp3) is 1.00. The van der Waals surface area contributed by atoms with E-state index in [4.69, 9.17) is 4.74 Å². The van der Waals surface area contributed by atoms with Gasteiger partial charge in [0, 0.05) is 38.8 Å². The first-order chi connectivity index (χ1) is 9.68. The van der Waals surface area contributed by atoms with Crippen LogP contribution in [-0.4, -0.2) is 50.3 Å². The summed E-state index contributed by atoms with van der Waals surface area (Å²) in [6.07, 6.45) is 2.43. The average molecular weight is 301 g/mol. The van der Waals surface area contributed by atoms with Crippen LogP contribution in [-0.2, 0) is 4.74 Å². The molecule has 1 N–H and O–H groups in total. The molecule has 3 nitrogen and oxygen atoms in total. The predicted octanol–water partition coefficient (Wildman–Crippen LogP) is 3.79. The molecule has 0 radical (unpaired) electrons. The first-order valence-electron chi connectivity index (χ1n) is 8.64. The SMILES string of the molecule is CCC(CC)(CNC(C)(C)C)CN(CCOC)CC(C)C. The molecule has 0 fully saturated rings. The molecular weight excluding hydrogens is 260 g/mol. The molecule has 0 aromatic carbocycles.